The summed E-state index contributed by atoms with van der Waals surface area (Å²) in [6, 6.07) is 16.1. The molecule has 0 radical (unpaired) electrons. The maximum atomic E-state index is 2.43. The van der Waals surface area contributed by atoms with Crippen LogP contribution in [0.5, 0.6) is 0 Å². The smallest absolute Gasteiger partial charge is 0.0214 e. The Balaban J connectivity index is 1.97. The van der Waals surface area contributed by atoms with Gasteiger partial charge in [-0.15, -0.1) is 0 Å². The van der Waals surface area contributed by atoms with E-state index in [1.807, 2.05) is 0 Å². The Hall–Kier alpha value is -1.56. The Morgan fingerprint density at radius 2 is 1.56 bits per heavy atom. The van der Waals surface area contributed by atoms with E-state index in [1.54, 1.807) is 22.3 Å². The van der Waals surface area contributed by atoms with Gasteiger partial charge in [0, 0.05) is 5.41 Å². The summed E-state index contributed by atoms with van der Waals surface area (Å²) in [5.74, 6) is 0. The summed E-state index contributed by atoms with van der Waals surface area (Å²) >= 11 is 0. The van der Waals surface area contributed by atoms with E-state index in [-0.39, 0.29) is 0 Å². The second-order valence-corrected chi connectivity index (χ2v) is 5.90. The van der Waals surface area contributed by atoms with Crippen LogP contribution in [0.3, 0.4) is 0 Å². The average Bonchev–Trinajstić information content (AvgIpc) is 2.95. The van der Waals surface area contributed by atoms with E-state index in [9.17, 15) is 0 Å². The number of hydrogen-bond acceptors (Lipinski definition) is 0. The van der Waals surface area contributed by atoms with Crippen molar-refractivity contribution < 1.29 is 0 Å². The van der Waals surface area contributed by atoms with Crippen molar-refractivity contribution in [2.45, 2.75) is 38.0 Å². The van der Waals surface area contributed by atoms with Gasteiger partial charge in [-0.05, 0) is 54.9 Å². The van der Waals surface area contributed by atoms with Gasteiger partial charge in [0.1, 0.15) is 0 Å². The first kappa shape index (κ1) is 10.4. The van der Waals surface area contributed by atoms with Crippen molar-refractivity contribution in [3.63, 3.8) is 0 Å². The number of fused-ring (bicyclic) bond motifs is 4. The van der Waals surface area contributed by atoms with Crippen LogP contribution in [0, 0.1) is 6.92 Å². The molecule has 2 aliphatic rings. The first-order chi connectivity index (χ1) is 8.79. The van der Waals surface area contributed by atoms with Crippen LogP contribution in [-0.2, 0) is 18.3 Å². The monoisotopic (exact) mass is 234 g/mol. The van der Waals surface area contributed by atoms with E-state index < -0.39 is 0 Å². The van der Waals surface area contributed by atoms with Gasteiger partial charge in [-0.2, -0.15) is 0 Å². The number of rotatable bonds is 0. The van der Waals surface area contributed by atoms with Gasteiger partial charge in [-0.25, -0.2) is 0 Å². The third-order valence-corrected chi connectivity index (χ3v) is 4.96. The molecule has 1 atom stereocenters. The largest absolute Gasteiger partial charge is 0.0620 e. The topological polar surface area (TPSA) is 0 Å². The molecule has 1 spiro atoms. The number of hydrogen-bond donors (Lipinski definition) is 0. The average molecular weight is 234 g/mol. The summed E-state index contributed by atoms with van der Waals surface area (Å²) in [6.45, 7) is 2.22. The zero-order chi connectivity index (χ0) is 12.2. The summed E-state index contributed by atoms with van der Waals surface area (Å²) in [7, 11) is 0. The molecule has 0 bridgehead atoms. The Morgan fingerprint density at radius 1 is 0.833 bits per heavy atom. The highest BCUT2D eigenvalue weighted by Gasteiger charge is 2.44. The van der Waals surface area contributed by atoms with Crippen LogP contribution in [-0.4, -0.2) is 0 Å². The Labute approximate surface area is 109 Å². The first-order valence-corrected chi connectivity index (χ1v) is 6.98. The lowest BCUT2D eigenvalue weighted by atomic mass is 9.76. The molecule has 0 N–H and O–H groups in total. The second kappa shape index (κ2) is 3.47. The molecule has 0 saturated heterocycles. The van der Waals surface area contributed by atoms with Crippen LogP contribution >= 0.6 is 0 Å². The minimum atomic E-state index is 0.345. The van der Waals surface area contributed by atoms with Gasteiger partial charge in [-0.1, -0.05) is 48.0 Å². The fourth-order valence-electron chi connectivity index (χ4n) is 4.06. The molecule has 0 nitrogen and oxygen atoms in total. The lowest BCUT2D eigenvalue weighted by molar-refractivity contribution is 0.507. The zero-order valence-electron chi connectivity index (χ0n) is 10.9. The standard InChI is InChI=1S/C18H18/c1-13-6-7-15-9-11-18(17(15)12-13)10-8-14-4-2-3-5-16(14)18/h2-7,12H,8-11H2,1H3. The van der Waals surface area contributed by atoms with Crippen molar-refractivity contribution in [1.82, 2.24) is 0 Å². The molecule has 1 unspecified atom stereocenters. The normalized spacial score (nSPS) is 24.3. The van der Waals surface area contributed by atoms with Gasteiger partial charge in [0.25, 0.3) is 0 Å². The van der Waals surface area contributed by atoms with Gasteiger partial charge in [-0.3, -0.25) is 0 Å². The third kappa shape index (κ3) is 1.21. The second-order valence-electron chi connectivity index (χ2n) is 5.90. The van der Waals surface area contributed by atoms with Gasteiger partial charge in [0.05, 0.1) is 0 Å². The predicted octanol–water partition coefficient (Wildman–Crippen LogP) is 4.17. The van der Waals surface area contributed by atoms with E-state index in [4.69, 9.17) is 0 Å². The highest BCUT2D eigenvalue weighted by Crippen LogP contribution is 2.52. The summed E-state index contributed by atoms with van der Waals surface area (Å²) < 4.78 is 0. The molecule has 0 amide bonds. The molecule has 0 aliphatic heterocycles. The highest BCUT2D eigenvalue weighted by atomic mass is 14.5. The van der Waals surface area contributed by atoms with Crippen LogP contribution in [0.2, 0.25) is 0 Å². The number of aryl methyl sites for hydroxylation is 3. The maximum absolute atomic E-state index is 2.43. The Bertz CT molecular complexity index is 620. The summed E-state index contributed by atoms with van der Waals surface area (Å²) in [4.78, 5) is 0. The van der Waals surface area contributed by atoms with Crippen molar-refractivity contribution >= 4 is 0 Å². The molecule has 0 aromatic heterocycles. The SMILES string of the molecule is Cc1ccc2c(c1)C1(CCc3ccccc31)CC2. The molecule has 2 aliphatic carbocycles. The molecule has 4 rings (SSSR count). The van der Waals surface area contributed by atoms with Gasteiger partial charge in [0.15, 0.2) is 0 Å². The van der Waals surface area contributed by atoms with Gasteiger partial charge in [0.2, 0.25) is 0 Å². The molecule has 0 heterocycles. The minimum absolute atomic E-state index is 0.345. The van der Waals surface area contributed by atoms with Crippen LogP contribution < -0.4 is 0 Å². The predicted molar refractivity (Wildman–Crippen MR) is 75.0 cm³/mol. The summed E-state index contributed by atoms with van der Waals surface area (Å²) in [6.07, 6.45) is 5.12. The molecule has 2 aromatic rings. The van der Waals surface area contributed by atoms with Crippen molar-refractivity contribution in [2.75, 3.05) is 0 Å². The molecular weight excluding hydrogens is 216 g/mol. The van der Waals surface area contributed by atoms with E-state index in [0.717, 1.165) is 0 Å². The highest BCUT2D eigenvalue weighted by molar-refractivity contribution is 5.54. The fourth-order valence-corrected chi connectivity index (χ4v) is 4.06. The van der Waals surface area contributed by atoms with Crippen LogP contribution in [0.25, 0.3) is 0 Å². The van der Waals surface area contributed by atoms with Gasteiger partial charge < -0.3 is 0 Å². The minimum Gasteiger partial charge on any atom is -0.0620 e. The van der Waals surface area contributed by atoms with Crippen molar-refractivity contribution in [2.24, 2.45) is 0 Å². The third-order valence-electron chi connectivity index (χ3n) is 4.96. The quantitative estimate of drug-likeness (QED) is 0.641. The number of benzene rings is 2. The first-order valence-electron chi connectivity index (χ1n) is 6.98. The van der Waals surface area contributed by atoms with E-state index in [2.05, 4.69) is 49.4 Å². The molecule has 2 aromatic carbocycles. The lowest BCUT2D eigenvalue weighted by Crippen LogP contribution is -2.21. The van der Waals surface area contributed by atoms with Crippen LogP contribution in [0.1, 0.15) is 40.7 Å². The van der Waals surface area contributed by atoms with E-state index in [0.29, 0.717) is 5.41 Å². The van der Waals surface area contributed by atoms with Crippen molar-refractivity contribution in [1.29, 1.82) is 0 Å². The van der Waals surface area contributed by atoms with Crippen molar-refractivity contribution in [3.05, 3.63) is 70.3 Å². The van der Waals surface area contributed by atoms with Crippen LogP contribution in [0.4, 0.5) is 0 Å². The molecule has 0 saturated carbocycles. The molecule has 18 heavy (non-hydrogen) atoms. The van der Waals surface area contributed by atoms with E-state index in [1.165, 1.54) is 31.2 Å². The lowest BCUT2D eigenvalue weighted by Gasteiger charge is -2.26. The Kier molecular flexibility index (Phi) is 2.00. The van der Waals surface area contributed by atoms with E-state index >= 15 is 0 Å². The molecular formula is C18H18. The maximum Gasteiger partial charge on any atom is 0.0214 e. The molecule has 90 valence electrons. The zero-order valence-corrected chi connectivity index (χ0v) is 10.9. The van der Waals surface area contributed by atoms with Gasteiger partial charge >= 0.3 is 0 Å². The summed E-state index contributed by atoms with van der Waals surface area (Å²) in [5.41, 5.74) is 8.13. The fraction of sp³-hybridized carbons (Fsp3) is 0.333. The molecule has 0 heteroatoms. The summed E-state index contributed by atoms with van der Waals surface area (Å²) in [5, 5.41) is 0. The van der Waals surface area contributed by atoms with Crippen molar-refractivity contribution in [3.8, 4) is 0 Å². The van der Waals surface area contributed by atoms with Crippen LogP contribution in [0.15, 0.2) is 42.5 Å². The molecule has 0 fully saturated rings. The Morgan fingerprint density at radius 3 is 2.39 bits per heavy atom.